The van der Waals surface area contributed by atoms with Crippen molar-refractivity contribution in [2.24, 2.45) is 0 Å². The number of likely N-dealkylation sites (tertiary alicyclic amines) is 1. The van der Waals surface area contributed by atoms with Crippen LogP contribution in [-0.2, 0) is 0 Å². The summed E-state index contributed by atoms with van der Waals surface area (Å²) in [6, 6.07) is 15.7. The second-order valence-corrected chi connectivity index (χ2v) is 7.47. The summed E-state index contributed by atoms with van der Waals surface area (Å²) in [5.74, 6) is 1.52. The molecular weight excluding hydrogens is 364 g/mol. The monoisotopic (exact) mass is 396 g/mol. The van der Waals surface area contributed by atoms with Crippen LogP contribution in [0, 0.1) is 0 Å². The van der Waals surface area contributed by atoms with Gasteiger partial charge < -0.3 is 14.8 Å². The first-order valence-corrected chi connectivity index (χ1v) is 10.6. The van der Waals surface area contributed by atoms with Crippen molar-refractivity contribution in [2.75, 3.05) is 33.4 Å². The average molecular weight is 397 g/mol. The van der Waals surface area contributed by atoms with Crippen LogP contribution in [0.3, 0.4) is 0 Å². The van der Waals surface area contributed by atoms with E-state index in [0.717, 1.165) is 31.0 Å². The van der Waals surface area contributed by atoms with Crippen molar-refractivity contribution in [2.45, 2.75) is 38.6 Å². The summed E-state index contributed by atoms with van der Waals surface area (Å²) >= 11 is 0. The molecule has 1 saturated heterocycles. The number of carbonyl (C=O) groups excluding carboxylic acids is 1. The average Bonchev–Trinajstić information content (AvgIpc) is 2.79. The molecule has 2 aromatic carbocycles. The highest BCUT2D eigenvalue weighted by atomic mass is 16.5. The van der Waals surface area contributed by atoms with Gasteiger partial charge in [-0.1, -0.05) is 31.5 Å². The molecule has 2 aromatic rings. The largest absolute Gasteiger partial charge is 0.497 e. The Balaban J connectivity index is 1.69. The maximum Gasteiger partial charge on any atom is 0.251 e. The molecule has 5 heteroatoms. The van der Waals surface area contributed by atoms with Crippen LogP contribution in [0.15, 0.2) is 48.5 Å². The number of benzene rings is 2. The van der Waals surface area contributed by atoms with Gasteiger partial charge in [-0.15, -0.1) is 0 Å². The van der Waals surface area contributed by atoms with Crippen molar-refractivity contribution in [3.63, 3.8) is 0 Å². The Morgan fingerprint density at radius 3 is 2.52 bits per heavy atom. The van der Waals surface area contributed by atoms with E-state index in [2.05, 4.69) is 29.3 Å². The molecule has 1 aliphatic heterocycles. The lowest BCUT2D eigenvalue weighted by atomic mass is 10.0. The Labute approximate surface area is 174 Å². The molecule has 5 nitrogen and oxygen atoms in total. The smallest absolute Gasteiger partial charge is 0.251 e. The molecule has 29 heavy (non-hydrogen) atoms. The minimum Gasteiger partial charge on any atom is -0.497 e. The van der Waals surface area contributed by atoms with Crippen LogP contribution in [0.4, 0.5) is 0 Å². The molecule has 1 aliphatic rings. The van der Waals surface area contributed by atoms with Crippen LogP contribution >= 0.6 is 0 Å². The van der Waals surface area contributed by atoms with Gasteiger partial charge in [0.25, 0.3) is 5.91 Å². The lowest BCUT2D eigenvalue weighted by Gasteiger charge is -2.35. The summed E-state index contributed by atoms with van der Waals surface area (Å²) in [6.07, 6.45) is 4.63. The number of ether oxygens (including phenoxy) is 2. The van der Waals surface area contributed by atoms with Gasteiger partial charge in [0.05, 0.1) is 19.8 Å². The molecular formula is C24H32N2O3. The van der Waals surface area contributed by atoms with Gasteiger partial charge in [0.15, 0.2) is 0 Å². The van der Waals surface area contributed by atoms with Crippen LogP contribution in [-0.4, -0.2) is 44.2 Å². The second-order valence-electron chi connectivity index (χ2n) is 7.47. The standard InChI is InChI=1S/C24H32N2O3/c1-3-16-29-22-9-7-8-20(17-22)24(27)25-18-23(26-14-5-4-6-15-26)19-10-12-21(28-2)13-11-19/h7-13,17,23H,3-6,14-16,18H2,1-2H3,(H,25,27)/t23-/m0/s1. The van der Waals surface area contributed by atoms with Gasteiger partial charge in [0.1, 0.15) is 11.5 Å². The van der Waals surface area contributed by atoms with E-state index in [1.165, 1.54) is 24.8 Å². The van der Waals surface area contributed by atoms with Crippen molar-refractivity contribution < 1.29 is 14.3 Å². The SMILES string of the molecule is CCCOc1cccc(C(=O)NC[C@@H](c2ccc(OC)cc2)N2CCCCC2)c1. The van der Waals surface area contributed by atoms with Crippen molar-refractivity contribution >= 4 is 5.91 Å². The molecule has 0 spiro atoms. The zero-order valence-corrected chi connectivity index (χ0v) is 17.5. The maximum atomic E-state index is 12.8. The first-order valence-electron chi connectivity index (χ1n) is 10.6. The Bertz CT molecular complexity index is 770. The van der Waals surface area contributed by atoms with Crippen LogP contribution in [0.2, 0.25) is 0 Å². The summed E-state index contributed by atoms with van der Waals surface area (Å²) in [5.41, 5.74) is 1.83. The molecule has 3 rings (SSSR count). The van der Waals surface area contributed by atoms with E-state index in [0.29, 0.717) is 18.7 Å². The molecule has 0 radical (unpaired) electrons. The molecule has 1 heterocycles. The highest BCUT2D eigenvalue weighted by molar-refractivity contribution is 5.94. The maximum absolute atomic E-state index is 12.8. The van der Waals surface area contributed by atoms with Crippen molar-refractivity contribution in [3.05, 3.63) is 59.7 Å². The van der Waals surface area contributed by atoms with Crippen molar-refractivity contribution in [3.8, 4) is 11.5 Å². The number of methoxy groups -OCH3 is 1. The normalized spacial score (nSPS) is 15.5. The Morgan fingerprint density at radius 2 is 1.83 bits per heavy atom. The Morgan fingerprint density at radius 1 is 1.07 bits per heavy atom. The van der Waals surface area contributed by atoms with Crippen molar-refractivity contribution in [1.82, 2.24) is 10.2 Å². The molecule has 1 amide bonds. The predicted octanol–water partition coefficient (Wildman–Crippen LogP) is 4.44. The zero-order valence-electron chi connectivity index (χ0n) is 17.5. The number of rotatable bonds is 9. The first kappa shape index (κ1) is 21.2. The predicted molar refractivity (Wildman–Crippen MR) is 116 cm³/mol. The number of nitrogens with one attached hydrogen (secondary N) is 1. The van der Waals surface area contributed by atoms with Gasteiger partial charge in [0, 0.05) is 12.1 Å². The first-order chi connectivity index (χ1) is 14.2. The van der Waals surface area contributed by atoms with Gasteiger partial charge in [-0.3, -0.25) is 9.69 Å². The summed E-state index contributed by atoms with van der Waals surface area (Å²) in [4.78, 5) is 15.3. The highest BCUT2D eigenvalue weighted by Gasteiger charge is 2.23. The van der Waals surface area contributed by atoms with E-state index in [4.69, 9.17) is 9.47 Å². The molecule has 0 bridgehead atoms. The Hall–Kier alpha value is -2.53. The summed E-state index contributed by atoms with van der Waals surface area (Å²) in [7, 11) is 1.68. The topological polar surface area (TPSA) is 50.8 Å². The minimum absolute atomic E-state index is 0.0672. The van der Waals surface area contributed by atoms with E-state index in [1.54, 1.807) is 7.11 Å². The van der Waals surface area contributed by atoms with Crippen LogP contribution in [0.5, 0.6) is 11.5 Å². The van der Waals surface area contributed by atoms with Crippen molar-refractivity contribution in [1.29, 1.82) is 0 Å². The van der Waals surface area contributed by atoms with E-state index in [-0.39, 0.29) is 11.9 Å². The van der Waals surface area contributed by atoms with E-state index < -0.39 is 0 Å². The third kappa shape index (κ3) is 5.97. The number of amides is 1. The molecule has 1 atom stereocenters. The van der Waals surface area contributed by atoms with Crippen LogP contribution in [0.25, 0.3) is 0 Å². The molecule has 0 saturated carbocycles. The lowest BCUT2D eigenvalue weighted by molar-refractivity contribution is 0.0924. The number of nitrogens with zero attached hydrogens (tertiary/aromatic N) is 1. The van der Waals surface area contributed by atoms with E-state index >= 15 is 0 Å². The molecule has 1 fully saturated rings. The molecule has 0 aliphatic carbocycles. The summed E-state index contributed by atoms with van der Waals surface area (Å²) in [6.45, 7) is 5.42. The van der Waals surface area contributed by atoms with Gasteiger partial charge in [-0.25, -0.2) is 0 Å². The van der Waals surface area contributed by atoms with Gasteiger partial charge in [-0.05, 0) is 68.2 Å². The zero-order chi connectivity index (χ0) is 20.5. The quantitative estimate of drug-likeness (QED) is 0.681. The fourth-order valence-corrected chi connectivity index (χ4v) is 3.75. The van der Waals surface area contributed by atoms with Gasteiger partial charge in [-0.2, -0.15) is 0 Å². The third-order valence-corrected chi connectivity index (χ3v) is 5.36. The number of carbonyl (C=O) groups is 1. The second kappa shape index (κ2) is 10.9. The number of piperidine rings is 1. The molecule has 0 unspecified atom stereocenters. The van der Waals surface area contributed by atoms with Gasteiger partial charge in [0.2, 0.25) is 0 Å². The van der Waals surface area contributed by atoms with E-state index in [9.17, 15) is 4.79 Å². The minimum atomic E-state index is -0.0672. The summed E-state index contributed by atoms with van der Waals surface area (Å²) < 4.78 is 11.0. The fourth-order valence-electron chi connectivity index (χ4n) is 3.75. The highest BCUT2D eigenvalue weighted by Crippen LogP contribution is 2.26. The van der Waals surface area contributed by atoms with Crippen LogP contribution in [0.1, 0.15) is 54.6 Å². The molecule has 156 valence electrons. The Kier molecular flexibility index (Phi) is 7.94. The lowest BCUT2D eigenvalue weighted by Crippen LogP contribution is -2.40. The third-order valence-electron chi connectivity index (χ3n) is 5.36. The van der Waals surface area contributed by atoms with E-state index in [1.807, 2.05) is 36.4 Å². The molecule has 1 N–H and O–H groups in total. The summed E-state index contributed by atoms with van der Waals surface area (Å²) in [5, 5.41) is 3.14. The number of hydrogen-bond donors (Lipinski definition) is 1. The van der Waals surface area contributed by atoms with Gasteiger partial charge >= 0.3 is 0 Å². The molecule has 0 aromatic heterocycles. The fraction of sp³-hybridized carbons (Fsp3) is 0.458. The van der Waals surface area contributed by atoms with Crippen LogP contribution < -0.4 is 14.8 Å². The number of hydrogen-bond acceptors (Lipinski definition) is 4.